The Kier molecular flexibility index (Phi) is 5.72. The van der Waals surface area contributed by atoms with E-state index in [4.69, 9.17) is 4.74 Å². The summed E-state index contributed by atoms with van der Waals surface area (Å²) in [6.45, 7) is 5.33. The number of carbonyl (C=O) groups is 2. The number of amides is 3. The average Bonchev–Trinajstić information content (AvgIpc) is 3.37. The lowest BCUT2D eigenvalue weighted by atomic mass is 10.1. The Labute approximate surface area is 175 Å². The van der Waals surface area contributed by atoms with E-state index in [1.165, 1.54) is 0 Å². The number of aryl methyl sites for hydroxylation is 2. The van der Waals surface area contributed by atoms with Crippen LogP contribution in [0.3, 0.4) is 0 Å². The molecule has 1 aromatic heterocycles. The van der Waals surface area contributed by atoms with Gasteiger partial charge in [0, 0.05) is 35.4 Å². The predicted molar refractivity (Wildman–Crippen MR) is 118 cm³/mol. The first-order chi connectivity index (χ1) is 14.5. The van der Waals surface area contributed by atoms with Crippen LogP contribution in [-0.2, 0) is 4.74 Å². The largest absolute Gasteiger partial charge is 0.376 e. The summed E-state index contributed by atoms with van der Waals surface area (Å²) in [7, 11) is 0. The summed E-state index contributed by atoms with van der Waals surface area (Å²) in [6.07, 6.45) is 2.12. The molecule has 0 spiro atoms. The molecule has 2 heterocycles. The van der Waals surface area contributed by atoms with Crippen LogP contribution in [0.15, 0.2) is 42.5 Å². The molecule has 0 aliphatic carbocycles. The minimum atomic E-state index is -0.272. The van der Waals surface area contributed by atoms with Crippen LogP contribution < -0.4 is 16.0 Å². The molecule has 1 fully saturated rings. The van der Waals surface area contributed by atoms with E-state index < -0.39 is 0 Å². The topological polar surface area (TPSA) is 95.2 Å². The van der Waals surface area contributed by atoms with E-state index in [-0.39, 0.29) is 18.0 Å². The summed E-state index contributed by atoms with van der Waals surface area (Å²) in [5.74, 6) is -0.210. The molecular weight excluding hydrogens is 380 g/mol. The van der Waals surface area contributed by atoms with Crippen molar-refractivity contribution >= 4 is 34.2 Å². The summed E-state index contributed by atoms with van der Waals surface area (Å²) in [5.41, 5.74) is 5.04. The number of hydrogen-bond donors (Lipinski definition) is 4. The molecule has 30 heavy (non-hydrogen) atoms. The molecule has 1 saturated heterocycles. The number of nitrogens with one attached hydrogen (secondary N) is 4. The number of aromatic amines is 1. The second kappa shape index (κ2) is 8.59. The van der Waals surface area contributed by atoms with Crippen molar-refractivity contribution < 1.29 is 14.3 Å². The third kappa shape index (κ3) is 4.63. The molecule has 3 aromatic rings. The van der Waals surface area contributed by atoms with Crippen molar-refractivity contribution in [3.05, 3.63) is 59.3 Å². The van der Waals surface area contributed by atoms with E-state index in [9.17, 15) is 9.59 Å². The fraction of sp³-hybridized carbons (Fsp3) is 0.304. The molecule has 7 nitrogen and oxygen atoms in total. The zero-order chi connectivity index (χ0) is 21.1. The highest BCUT2D eigenvalue weighted by atomic mass is 16.5. The third-order valence-corrected chi connectivity index (χ3v) is 5.25. The molecule has 3 amide bonds. The molecule has 4 N–H and O–H groups in total. The number of ether oxygens (including phenoxy) is 1. The zero-order valence-corrected chi connectivity index (χ0v) is 17.2. The predicted octanol–water partition coefficient (Wildman–Crippen LogP) is 4.34. The van der Waals surface area contributed by atoms with E-state index in [0.29, 0.717) is 23.6 Å². The van der Waals surface area contributed by atoms with Gasteiger partial charge in [0.05, 0.1) is 6.10 Å². The number of urea groups is 1. The van der Waals surface area contributed by atoms with Gasteiger partial charge in [-0.05, 0) is 74.2 Å². The normalized spacial score (nSPS) is 15.9. The van der Waals surface area contributed by atoms with Gasteiger partial charge >= 0.3 is 6.03 Å². The van der Waals surface area contributed by atoms with Gasteiger partial charge in [0.2, 0.25) is 0 Å². The summed E-state index contributed by atoms with van der Waals surface area (Å²) in [4.78, 5) is 27.8. The third-order valence-electron chi connectivity index (χ3n) is 5.25. The van der Waals surface area contributed by atoms with Crippen molar-refractivity contribution in [2.75, 3.05) is 23.8 Å². The SMILES string of the molecule is Cc1cc(C)c2cc(C(=O)Nc3ccc(NC(=O)NCC4CCCO4)cc3)[nH]c2c1. The van der Waals surface area contributed by atoms with Crippen LogP contribution in [-0.4, -0.2) is 36.2 Å². The van der Waals surface area contributed by atoms with Gasteiger partial charge in [0.25, 0.3) is 5.91 Å². The number of carbonyl (C=O) groups excluding carboxylic acids is 2. The molecule has 1 aliphatic rings. The number of aromatic nitrogens is 1. The first-order valence-corrected chi connectivity index (χ1v) is 10.2. The Hall–Kier alpha value is -3.32. The van der Waals surface area contributed by atoms with E-state index in [1.807, 2.05) is 26.0 Å². The van der Waals surface area contributed by atoms with Crippen molar-refractivity contribution in [3.63, 3.8) is 0 Å². The molecule has 1 unspecified atom stereocenters. The van der Waals surface area contributed by atoms with Crippen molar-refractivity contribution in [1.29, 1.82) is 0 Å². The maximum absolute atomic E-state index is 12.6. The first-order valence-electron chi connectivity index (χ1n) is 10.2. The molecule has 0 saturated carbocycles. The highest BCUT2D eigenvalue weighted by molar-refractivity contribution is 6.06. The smallest absolute Gasteiger partial charge is 0.319 e. The van der Waals surface area contributed by atoms with Gasteiger partial charge in [-0.3, -0.25) is 4.79 Å². The average molecular weight is 406 g/mol. The molecule has 1 atom stereocenters. The molecule has 156 valence electrons. The lowest BCUT2D eigenvalue weighted by molar-refractivity contribution is 0.102. The van der Waals surface area contributed by atoms with Crippen molar-refractivity contribution in [3.8, 4) is 0 Å². The Morgan fingerprint density at radius 1 is 1.07 bits per heavy atom. The first kappa shape index (κ1) is 20.0. The summed E-state index contributed by atoms with van der Waals surface area (Å²) in [5, 5.41) is 9.52. The van der Waals surface area contributed by atoms with Gasteiger partial charge in [0.1, 0.15) is 5.69 Å². The van der Waals surface area contributed by atoms with Crippen LogP contribution in [0.1, 0.15) is 34.5 Å². The zero-order valence-electron chi connectivity index (χ0n) is 17.2. The lowest BCUT2D eigenvalue weighted by Crippen LogP contribution is -2.35. The second-order valence-electron chi connectivity index (χ2n) is 7.73. The van der Waals surface area contributed by atoms with Gasteiger partial charge < -0.3 is 25.7 Å². The molecule has 0 radical (unpaired) electrons. The van der Waals surface area contributed by atoms with Crippen LogP contribution >= 0.6 is 0 Å². The van der Waals surface area contributed by atoms with E-state index >= 15 is 0 Å². The van der Waals surface area contributed by atoms with Crippen molar-refractivity contribution in [2.45, 2.75) is 32.8 Å². The van der Waals surface area contributed by atoms with Crippen LogP contribution in [0, 0.1) is 13.8 Å². The summed E-state index contributed by atoms with van der Waals surface area (Å²) in [6, 6.07) is 12.7. The highest BCUT2D eigenvalue weighted by Gasteiger charge is 2.16. The molecule has 0 bridgehead atoms. The molecular formula is C23H26N4O3. The standard InChI is InChI=1S/C23H26N4O3/c1-14-10-15(2)19-12-21(27-20(19)11-14)22(28)25-16-5-7-17(8-6-16)26-23(29)24-13-18-4-3-9-30-18/h5-8,10-12,18,27H,3-4,9,13H2,1-2H3,(H,25,28)(H2,24,26,29). The maximum atomic E-state index is 12.6. The van der Waals surface area contributed by atoms with Gasteiger partial charge in [-0.2, -0.15) is 0 Å². The van der Waals surface area contributed by atoms with Gasteiger partial charge in [-0.15, -0.1) is 0 Å². The molecule has 4 rings (SSSR count). The number of benzene rings is 2. The number of rotatable bonds is 5. The van der Waals surface area contributed by atoms with E-state index in [2.05, 4.69) is 27.0 Å². The summed E-state index contributed by atoms with van der Waals surface area (Å²) >= 11 is 0. The monoisotopic (exact) mass is 406 g/mol. The van der Waals surface area contributed by atoms with Crippen LogP contribution in [0.2, 0.25) is 0 Å². The molecule has 1 aliphatic heterocycles. The Balaban J connectivity index is 1.34. The Morgan fingerprint density at radius 2 is 1.80 bits per heavy atom. The van der Waals surface area contributed by atoms with Crippen molar-refractivity contribution in [1.82, 2.24) is 10.3 Å². The van der Waals surface area contributed by atoms with Crippen LogP contribution in [0.5, 0.6) is 0 Å². The van der Waals surface area contributed by atoms with Crippen LogP contribution in [0.25, 0.3) is 10.9 Å². The Bertz CT molecular complexity index is 1070. The number of hydrogen-bond acceptors (Lipinski definition) is 3. The minimum absolute atomic E-state index is 0.102. The second-order valence-corrected chi connectivity index (χ2v) is 7.73. The molecule has 7 heteroatoms. The number of anilines is 2. The fourth-order valence-electron chi connectivity index (χ4n) is 3.74. The van der Waals surface area contributed by atoms with E-state index in [0.717, 1.165) is 41.5 Å². The maximum Gasteiger partial charge on any atom is 0.319 e. The lowest BCUT2D eigenvalue weighted by Gasteiger charge is -2.12. The van der Waals surface area contributed by atoms with Gasteiger partial charge in [-0.25, -0.2) is 4.79 Å². The Morgan fingerprint density at radius 3 is 2.50 bits per heavy atom. The molecule has 2 aromatic carbocycles. The number of fused-ring (bicyclic) bond motifs is 1. The summed E-state index contributed by atoms with van der Waals surface area (Å²) < 4.78 is 5.49. The minimum Gasteiger partial charge on any atom is -0.376 e. The van der Waals surface area contributed by atoms with Crippen molar-refractivity contribution in [2.24, 2.45) is 0 Å². The van der Waals surface area contributed by atoms with Gasteiger partial charge in [0.15, 0.2) is 0 Å². The highest BCUT2D eigenvalue weighted by Crippen LogP contribution is 2.22. The van der Waals surface area contributed by atoms with Gasteiger partial charge in [-0.1, -0.05) is 6.07 Å². The van der Waals surface area contributed by atoms with E-state index in [1.54, 1.807) is 24.3 Å². The van der Waals surface area contributed by atoms with Crippen LogP contribution in [0.4, 0.5) is 16.2 Å². The fourth-order valence-corrected chi connectivity index (χ4v) is 3.74. The number of H-pyrrole nitrogens is 1. The quantitative estimate of drug-likeness (QED) is 0.508.